The molecule has 0 aliphatic carbocycles. The minimum absolute atomic E-state index is 0.00338. The summed E-state index contributed by atoms with van der Waals surface area (Å²) in [5.74, 6) is -1.17. The lowest BCUT2D eigenvalue weighted by atomic mass is 10.0. The molecule has 1 aliphatic rings. The van der Waals surface area contributed by atoms with Gasteiger partial charge in [-0.15, -0.1) is 0 Å². The second-order valence-electron chi connectivity index (χ2n) is 3.19. The molecule has 0 radical (unpaired) electrons. The minimum Gasteiger partial charge on any atom is -0.871 e. The van der Waals surface area contributed by atoms with Crippen LogP contribution < -0.4 is 10.4 Å². The van der Waals surface area contributed by atoms with Crippen molar-refractivity contribution in [3.05, 3.63) is 22.2 Å². The molecule has 0 saturated carbocycles. The van der Waals surface area contributed by atoms with Gasteiger partial charge in [-0.2, -0.15) is 0 Å². The molecule has 1 amide bonds. The van der Waals surface area contributed by atoms with Gasteiger partial charge in [-0.05, 0) is 13.0 Å². The van der Waals surface area contributed by atoms with E-state index >= 15 is 0 Å². The van der Waals surface area contributed by atoms with Crippen LogP contribution in [0.1, 0.15) is 28.9 Å². The standard InChI is InChI=1S/C9H8ClNO3/c1-3-6-7(9(14)11-3)4(12)2-5(13)8(6)10/h2-3,12-13H,1H3,(H,11,14)/p-1/t3-/m1/s1. The monoisotopic (exact) mass is 212 g/mol. The van der Waals surface area contributed by atoms with Crippen molar-refractivity contribution in [3.8, 4) is 11.5 Å². The largest absolute Gasteiger partial charge is 0.871 e. The molecular formula is C9H7ClNO3-. The van der Waals surface area contributed by atoms with E-state index in [1.54, 1.807) is 6.92 Å². The van der Waals surface area contributed by atoms with Crippen molar-refractivity contribution in [1.82, 2.24) is 5.32 Å². The SMILES string of the molecule is C[C@H]1NC(=O)c2c(O)cc([O-])c(Cl)c21. The van der Waals surface area contributed by atoms with Crippen molar-refractivity contribution >= 4 is 17.5 Å². The third-order valence-electron chi connectivity index (χ3n) is 2.25. The maximum atomic E-state index is 11.3. The number of rotatable bonds is 0. The third kappa shape index (κ3) is 1.04. The molecule has 1 aromatic carbocycles. The molecule has 0 fully saturated rings. The number of carbonyl (C=O) groups is 1. The zero-order valence-electron chi connectivity index (χ0n) is 7.30. The van der Waals surface area contributed by atoms with E-state index in [1.807, 2.05) is 0 Å². The Kier molecular flexibility index (Phi) is 1.82. The first-order valence-corrected chi connectivity index (χ1v) is 4.43. The lowest BCUT2D eigenvalue weighted by Gasteiger charge is -2.14. The van der Waals surface area contributed by atoms with Gasteiger partial charge in [0.05, 0.1) is 11.6 Å². The molecule has 1 atom stereocenters. The Balaban J connectivity index is 2.79. The molecule has 0 aromatic heterocycles. The third-order valence-corrected chi connectivity index (χ3v) is 2.64. The summed E-state index contributed by atoms with van der Waals surface area (Å²) in [4.78, 5) is 11.3. The van der Waals surface area contributed by atoms with Crippen molar-refractivity contribution in [2.75, 3.05) is 0 Å². The van der Waals surface area contributed by atoms with Crippen LogP contribution in [-0.2, 0) is 0 Å². The van der Waals surface area contributed by atoms with Crippen molar-refractivity contribution in [3.63, 3.8) is 0 Å². The fourth-order valence-corrected chi connectivity index (χ4v) is 1.94. The van der Waals surface area contributed by atoms with Crippen molar-refractivity contribution in [2.45, 2.75) is 13.0 Å². The minimum atomic E-state index is -0.466. The number of halogens is 1. The number of hydrogen-bond acceptors (Lipinski definition) is 3. The Morgan fingerprint density at radius 2 is 2.29 bits per heavy atom. The van der Waals surface area contributed by atoms with Crippen molar-refractivity contribution in [1.29, 1.82) is 0 Å². The van der Waals surface area contributed by atoms with Crippen LogP contribution in [0.15, 0.2) is 6.07 Å². The van der Waals surface area contributed by atoms with Crippen LogP contribution in [-0.4, -0.2) is 11.0 Å². The molecule has 74 valence electrons. The van der Waals surface area contributed by atoms with Crippen LogP contribution >= 0.6 is 11.6 Å². The number of phenols is 1. The van der Waals surface area contributed by atoms with E-state index in [4.69, 9.17) is 11.6 Å². The highest BCUT2D eigenvalue weighted by Crippen LogP contribution is 2.41. The molecule has 14 heavy (non-hydrogen) atoms. The Morgan fingerprint density at radius 1 is 1.64 bits per heavy atom. The van der Waals surface area contributed by atoms with E-state index in [9.17, 15) is 15.0 Å². The van der Waals surface area contributed by atoms with E-state index in [0.717, 1.165) is 6.07 Å². The predicted molar refractivity (Wildman–Crippen MR) is 48.4 cm³/mol. The maximum absolute atomic E-state index is 11.3. The molecule has 0 spiro atoms. The number of fused-ring (bicyclic) bond motifs is 1. The van der Waals surface area contributed by atoms with Crippen molar-refractivity contribution < 1.29 is 15.0 Å². The average molecular weight is 213 g/mol. The smallest absolute Gasteiger partial charge is 0.255 e. The number of hydrogen-bond donors (Lipinski definition) is 2. The van der Waals surface area contributed by atoms with Crippen LogP contribution in [0.5, 0.6) is 11.5 Å². The van der Waals surface area contributed by atoms with Crippen LogP contribution in [0.4, 0.5) is 0 Å². The number of carbonyl (C=O) groups excluding carboxylic acids is 1. The van der Waals surface area contributed by atoms with Crippen LogP contribution in [0.3, 0.4) is 0 Å². The lowest BCUT2D eigenvalue weighted by molar-refractivity contribution is -0.268. The Hall–Kier alpha value is -1.42. The van der Waals surface area contributed by atoms with E-state index < -0.39 is 11.7 Å². The molecule has 1 aliphatic heterocycles. The van der Waals surface area contributed by atoms with Gasteiger partial charge in [0.2, 0.25) is 0 Å². The van der Waals surface area contributed by atoms with Gasteiger partial charge in [0.15, 0.2) is 0 Å². The second-order valence-corrected chi connectivity index (χ2v) is 3.57. The predicted octanol–water partition coefficient (Wildman–Crippen LogP) is 0.924. The number of phenolic OH excluding ortho intramolecular Hbond substituents is 1. The fourth-order valence-electron chi connectivity index (χ4n) is 1.63. The highest BCUT2D eigenvalue weighted by molar-refractivity contribution is 6.33. The number of amides is 1. The van der Waals surface area contributed by atoms with Gasteiger partial charge >= 0.3 is 0 Å². The Labute approximate surface area is 85.1 Å². The average Bonchev–Trinajstić information content (AvgIpc) is 2.38. The normalized spacial score (nSPS) is 19.3. The molecule has 2 N–H and O–H groups in total. The van der Waals surface area contributed by atoms with Gasteiger partial charge in [-0.1, -0.05) is 17.4 Å². The molecule has 2 rings (SSSR count). The van der Waals surface area contributed by atoms with Crippen LogP contribution in [0.2, 0.25) is 5.02 Å². The summed E-state index contributed by atoms with van der Waals surface area (Å²) >= 11 is 5.75. The Bertz CT molecular complexity index is 431. The van der Waals surface area contributed by atoms with Crippen molar-refractivity contribution in [2.24, 2.45) is 0 Å². The van der Waals surface area contributed by atoms with Crippen LogP contribution in [0, 0.1) is 0 Å². The number of nitrogens with one attached hydrogen (secondary N) is 1. The zero-order valence-corrected chi connectivity index (χ0v) is 8.05. The van der Waals surface area contributed by atoms with E-state index in [-0.39, 0.29) is 22.4 Å². The molecular weight excluding hydrogens is 206 g/mol. The molecule has 4 nitrogen and oxygen atoms in total. The first-order chi connectivity index (χ1) is 6.52. The summed E-state index contributed by atoms with van der Waals surface area (Å²) < 4.78 is 0. The van der Waals surface area contributed by atoms with E-state index in [0.29, 0.717) is 5.56 Å². The Morgan fingerprint density at radius 3 is 2.93 bits per heavy atom. The lowest BCUT2D eigenvalue weighted by Crippen LogP contribution is -2.16. The maximum Gasteiger partial charge on any atom is 0.255 e. The number of aromatic hydroxyl groups is 1. The summed E-state index contributed by atoms with van der Waals surface area (Å²) in [6.07, 6.45) is 0. The van der Waals surface area contributed by atoms with E-state index in [2.05, 4.69) is 5.32 Å². The van der Waals surface area contributed by atoms with E-state index in [1.165, 1.54) is 0 Å². The fraction of sp³-hybridized carbons (Fsp3) is 0.222. The highest BCUT2D eigenvalue weighted by Gasteiger charge is 2.30. The summed E-state index contributed by atoms with van der Waals surface area (Å²) in [5.41, 5.74) is 0.503. The molecule has 1 aromatic rings. The highest BCUT2D eigenvalue weighted by atomic mass is 35.5. The summed E-state index contributed by atoms with van der Waals surface area (Å²) in [7, 11) is 0. The topological polar surface area (TPSA) is 72.4 Å². The molecule has 0 saturated heterocycles. The molecule has 1 heterocycles. The van der Waals surface area contributed by atoms with Gasteiger partial charge in [0.25, 0.3) is 5.91 Å². The molecule has 0 bridgehead atoms. The molecule has 0 unspecified atom stereocenters. The van der Waals surface area contributed by atoms with Gasteiger partial charge < -0.3 is 15.5 Å². The van der Waals surface area contributed by atoms with Crippen LogP contribution in [0.25, 0.3) is 0 Å². The first kappa shape index (κ1) is 9.15. The first-order valence-electron chi connectivity index (χ1n) is 4.05. The summed E-state index contributed by atoms with van der Waals surface area (Å²) in [6.45, 7) is 1.70. The van der Waals surface area contributed by atoms with Gasteiger partial charge in [0, 0.05) is 10.6 Å². The zero-order chi connectivity index (χ0) is 10.5. The number of benzene rings is 1. The van der Waals surface area contributed by atoms with Gasteiger partial charge in [-0.3, -0.25) is 4.79 Å². The van der Waals surface area contributed by atoms with Gasteiger partial charge in [-0.25, -0.2) is 0 Å². The summed E-state index contributed by atoms with van der Waals surface area (Å²) in [6, 6.07) is 0.628. The molecule has 5 heteroatoms. The van der Waals surface area contributed by atoms with Gasteiger partial charge in [0.1, 0.15) is 5.75 Å². The second kappa shape index (κ2) is 2.78. The quantitative estimate of drug-likeness (QED) is 0.672. The summed E-state index contributed by atoms with van der Waals surface area (Å²) in [5, 5.41) is 23.2.